The van der Waals surface area contributed by atoms with Crippen LogP contribution in [0, 0.1) is 0 Å². The Morgan fingerprint density at radius 1 is 1.00 bits per heavy atom. The maximum absolute atomic E-state index is 3.58. The van der Waals surface area contributed by atoms with E-state index in [-0.39, 0.29) is 0 Å². The molecule has 0 fully saturated rings. The number of hydrogen-bond donors (Lipinski definition) is 1. The quantitative estimate of drug-likeness (QED) is 0.668. The van der Waals surface area contributed by atoms with E-state index in [2.05, 4.69) is 51.8 Å². The topological polar surface area (TPSA) is 15.3 Å². The van der Waals surface area contributed by atoms with Gasteiger partial charge in [-0.15, -0.1) is 0 Å². The third-order valence-corrected chi connectivity index (χ3v) is 2.91. The second-order valence-corrected chi connectivity index (χ2v) is 5.07. The predicted octanol–water partition coefficient (Wildman–Crippen LogP) is 2.88. The van der Waals surface area contributed by atoms with E-state index in [1.807, 2.05) is 0 Å². The van der Waals surface area contributed by atoms with Crippen molar-refractivity contribution in [2.24, 2.45) is 0 Å². The highest BCUT2D eigenvalue weighted by Gasteiger charge is 2.12. The van der Waals surface area contributed by atoms with E-state index in [0.717, 1.165) is 13.1 Å². The van der Waals surface area contributed by atoms with Gasteiger partial charge in [-0.05, 0) is 41.0 Å². The molecular weight excluding hydrogens is 184 g/mol. The Hall–Kier alpha value is -0.0800. The van der Waals surface area contributed by atoms with Gasteiger partial charge in [0.25, 0.3) is 0 Å². The molecule has 0 saturated carbocycles. The Balaban J connectivity index is 3.71. The molecule has 0 aromatic heterocycles. The molecule has 1 atom stereocenters. The Labute approximate surface area is 96.4 Å². The second-order valence-electron chi connectivity index (χ2n) is 5.07. The average Bonchev–Trinajstić information content (AvgIpc) is 2.11. The Morgan fingerprint density at radius 2 is 1.53 bits per heavy atom. The SMILES string of the molecule is CCC[C@H](C)NCCN(C(C)C)C(C)C. The molecule has 0 spiro atoms. The molecule has 2 heteroatoms. The van der Waals surface area contributed by atoms with Crippen molar-refractivity contribution < 1.29 is 0 Å². The second kappa shape index (κ2) is 8.12. The summed E-state index contributed by atoms with van der Waals surface area (Å²) < 4.78 is 0. The average molecular weight is 214 g/mol. The first-order chi connectivity index (χ1) is 6.99. The van der Waals surface area contributed by atoms with Gasteiger partial charge in [0.2, 0.25) is 0 Å². The molecule has 0 aliphatic heterocycles. The standard InChI is InChI=1S/C13H30N2/c1-7-8-13(6)14-9-10-15(11(2)3)12(4)5/h11-14H,7-10H2,1-6H3/t13-/m0/s1. The van der Waals surface area contributed by atoms with Crippen LogP contribution in [0.3, 0.4) is 0 Å². The summed E-state index contributed by atoms with van der Waals surface area (Å²) in [4.78, 5) is 2.53. The van der Waals surface area contributed by atoms with Crippen LogP contribution in [0.4, 0.5) is 0 Å². The van der Waals surface area contributed by atoms with E-state index >= 15 is 0 Å². The van der Waals surface area contributed by atoms with E-state index in [9.17, 15) is 0 Å². The normalized spacial score (nSPS) is 14.2. The van der Waals surface area contributed by atoms with Crippen molar-refractivity contribution >= 4 is 0 Å². The van der Waals surface area contributed by atoms with E-state index in [1.54, 1.807) is 0 Å². The van der Waals surface area contributed by atoms with Gasteiger partial charge >= 0.3 is 0 Å². The lowest BCUT2D eigenvalue weighted by atomic mass is 10.2. The van der Waals surface area contributed by atoms with E-state index < -0.39 is 0 Å². The van der Waals surface area contributed by atoms with Crippen LogP contribution in [-0.2, 0) is 0 Å². The maximum Gasteiger partial charge on any atom is 0.0112 e. The Morgan fingerprint density at radius 3 is 1.93 bits per heavy atom. The van der Waals surface area contributed by atoms with Crippen LogP contribution in [0.1, 0.15) is 54.4 Å². The summed E-state index contributed by atoms with van der Waals surface area (Å²) in [7, 11) is 0. The largest absolute Gasteiger partial charge is 0.313 e. The molecule has 0 aliphatic carbocycles. The van der Waals surface area contributed by atoms with Crippen LogP contribution in [0.15, 0.2) is 0 Å². The maximum atomic E-state index is 3.58. The molecule has 0 aromatic carbocycles. The first-order valence-corrected chi connectivity index (χ1v) is 6.48. The fraction of sp³-hybridized carbons (Fsp3) is 1.00. The van der Waals surface area contributed by atoms with Gasteiger partial charge in [0.15, 0.2) is 0 Å². The van der Waals surface area contributed by atoms with Crippen molar-refractivity contribution in [3.63, 3.8) is 0 Å². The van der Waals surface area contributed by atoms with Crippen LogP contribution in [-0.4, -0.2) is 36.1 Å². The lowest BCUT2D eigenvalue weighted by Crippen LogP contribution is -2.42. The van der Waals surface area contributed by atoms with Crippen LogP contribution in [0.25, 0.3) is 0 Å². The molecule has 15 heavy (non-hydrogen) atoms. The molecule has 2 nitrogen and oxygen atoms in total. The minimum Gasteiger partial charge on any atom is -0.313 e. The lowest BCUT2D eigenvalue weighted by molar-refractivity contribution is 0.174. The van der Waals surface area contributed by atoms with Gasteiger partial charge in [0, 0.05) is 31.2 Å². The van der Waals surface area contributed by atoms with Gasteiger partial charge in [0.05, 0.1) is 0 Å². The van der Waals surface area contributed by atoms with Gasteiger partial charge < -0.3 is 5.32 Å². The predicted molar refractivity (Wildman–Crippen MR) is 69.4 cm³/mol. The fourth-order valence-corrected chi connectivity index (χ4v) is 2.09. The summed E-state index contributed by atoms with van der Waals surface area (Å²) in [6.07, 6.45) is 2.55. The van der Waals surface area contributed by atoms with Gasteiger partial charge in [0.1, 0.15) is 0 Å². The molecular formula is C13H30N2. The zero-order valence-corrected chi connectivity index (χ0v) is 11.5. The molecule has 92 valence electrons. The summed E-state index contributed by atoms with van der Waals surface area (Å²) in [5.41, 5.74) is 0. The van der Waals surface area contributed by atoms with Crippen LogP contribution in [0.5, 0.6) is 0 Å². The monoisotopic (exact) mass is 214 g/mol. The molecule has 0 bridgehead atoms. The highest BCUT2D eigenvalue weighted by molar-refractivity contribution is 4.69. The van der Waals surface area contributed by atoms with Gasteiger partial charge in [-0.1, -0.05) is 13.3 Å². The molecule has 0 saturated heterocycles. The van der Waals surface area contributed by atoms with E-state index in [1.165, 1.54) is 12.8 Å². The third kappa shape index (κ3) is 6.91. The van der Waals surface area contributed by atoms with Crippen molar-refractivity contribution in [1.29, 1.82) is 0 Å². The highest BCUT2D eigenvalue weighted by atomic mass is 15.2. The summed E-state index contributed by atoms with van der Waals surface area (Å²) in [6.45, 7) is 15.9. The Kier molecular flexibility index (Phi) is 8.07. The molecule has 0 aliphatic rings. The molecule has 0 aromatic rings. The summed E-state index contributed by atoms with van der Waals surface area (Å²) in [6, 6.07) is 1.96. The first-order valence-electron chi connectivity index (χ1n) is 6.48. The van der Waals surface area contributed by atoms with Crippen molar-refractivity contribution in [3.8, 4) is 0 Å². The zero-order valence-electron chi connectivity index (χ0n) is 11.5. The van der Waals surface area contributed by atoms with Crippen molar-refractivity contribution in [3.05, 3.63) is 0 Å². The first kappa shape index (κ1) is 14.9. The number of rotatable bonds is 8. The van der Waals surface area contributed by atoms with Crippen LogP contribution in [0.2, 0.25) is 0 Å². The molecule has 0 heterocycles. The van der Waals surface area contributed by atoms with E-state index in [0.29, 0.717) is 18.1 Å². The summed E-state index contributed by atoms with van der Waals surface area (Å²) >= 11 is 0. The summed E-state index contributed by atoms with van der Waals surface area (Å²) in [5.74, 6) is 0. The molecule has 0 rings (SSSR count). The van der Waals surface area contributed by atoms with Gasteiger partial charge in [-0.2, -0.15) is 0 Å². The van der Waals surface area contributed by atoms with Crippen LogP contribution < -0.4 is 5.32 Å². The zero-order chi connectivity index (χ0) is 11.8. The third-order valence-electron chi connectivity index (χ3n) is 2.91. The number of nitrogens with zero attached hydrogens (tertiary/aromatic N) is 1. The lowest BCUT2D eigenvalue weighted by Gasteiger charge is -2.31. The minimum absolute atomic E-state index is 0.647. The van der Waals surface area contributed by atoms with Crippen molar-refractivity contribution in [1.82, 2.24) is 10.2 Å². The number of hydrogen-bond acceptors (Lipinski definition) is 2. The highest BCUT2D eigenvalue weighted by Crippen LogP contribution is 2.03. The molecule has 1 N–H and O–H groups in total. The summed E-state index contributed by atoms with van der Waals surface area (Å²) in [5, 5.41) is 3.58. The van der Waals surface area contributed by atoms with Crippen molar-refractivity contribution in [2.75, 3.05) is 13.1 Å². The Bertz CT molecular complexity index is 135. The molecule has 0 unspecified atom stereocenters. The van der Waals surface area contributed by atoms with Crippen LogP contribution >= 0.6 is 0 Å². The van der Waals surface area contributed by atoms with Gasteiger partial charge in [-0.3, -0.25) is 4.90 Å². The number of nitrogens with one attached hydrogen (secondary N) is 1. The smallest absolute Gasteiger partial charge is 0.0112 e. The minimum atomic E-state index is 0.647. The van der Waals surface area contributed by atoms with Crippen molar-refractivity contribution in [2.45, 2.75) is 72.5 Å². The van der Waals surface area contributed by atoms with E-state index in [4.69, 9.17) is 0 Å². The van der Waals surface area contributed by atoms with Gasteiger partial charge in [-0.25, -0.2) is 0 Å². The fourth-order valence-electron chi connectivity index (χ4n) is 2.09. The molecule has 0 amide bonds. The molecule has 0 radical (unpaired) electrons.